The normalized spacial score (nSPS) is 22.0. The van der Waals surface area contributed by atoms with Crippen LogP contribution in [0.5, 0.6) is 5.88 Å². The molecule has 1 amide bonds. The zero-order valence-corrected chi connectivity index (χ0v) is 23.4. The quantitative estimate of drug-likeness (QED) is 0.334. The Balaban J connectivity index is 1.31. The highest BCUT2D eigenvalue weighted by atomic mass is 32.2. The van der Waals surface area contributed by atoms with Gasteiger partial charge in [0.2, 0.25) is 11.8 Å². The molecule has 3 aliphatic heterocycles. The van der Waals surface area contributed by atoms with Crippen molar-refractivity contribution < 1.29 is 9.53 Å². The summed E-state index contributed by atoms with van der Waals surface area (Å²) in [6, 6.07) is 26.5. The Morgan fingerprint density at radius 2 is 1.75 bits per heavy atom. The Morgan fingerprint density at radius 1 is 0.950 bits per heavy atom. The Kier molecular flexibility index (Phi) is 6.24. The van der Waals surface area contributed by atoms with Crippen LogP contribution < -0.4 is 9.46 Å². The molecule has 0 aliphatic carbocycles. The Hall–Kier alpha value is -3.88. The second kappa shape index (κ2) is 9.94. The number of aryl methyl sites for hydroxylation is 2. The van der Waals surface area contributed by atoms with Crippen molar-refractivity contribution in [1.82, 2.24) is 19.8 Å². The third kappa shape index (κ3) is 4.61. The molecule has 40 heavy (non-hydrogen) atoms. The van der Waals surface area contributed by atoms with Gasteiger partial charge >= 0.3 is 0 Å². The number of rotatable bonds is 3. The molecule has 1 N–H and O–H groups in total. The van der Waals surface area contributed by atoms with Gasteiger partial charge in [-0.25, -0.2) is 4.98 Å². The van der Waals surface area contributed by atoms with Crippen LogP contribution >= 0.6 is 11.9 Å². The molecule has 8 heteroatoms. The summed E-state index contributed by atoms with van der Waals surface area (Å²) in [5.74, 6) is 1.22. The lowest BCUT2D eigenvalue weighted by atomic mass is 9.94. The largest absolute Gasteiger partial charge is 0.467 e. The fourth-order valence-electron chi connectivity index (χ4n) is 6.43. The van der Waals surface area contributed by atoms with Gasteiger partial charge in [0.1, 0.15) is 5.60 Å². The lowest BCUT2D eigenvalue weighted by Gasteiger charge is -2.30. The monoisotopic (exact) mass is 549 g/mol. The van der Waals surface area contributed by atoms with Crippen molar-refractivity contribution in [1.29, 1.82) is 0 Å². The molecule has 0 saturated carbocycles. The SMILES string of the molecule is Cc1cccc(C)c1-c1cc2nc(n1)NSc1cccc(c1)C(=O)N1CC3CN(Cc4ccccc4)CC3(C1)O2. The number of likely N-dealkylation sites (tertiary alicyclic amines) is 1. The molecule has 4 aromatic rings. The zero-order valence-electron chi connectivity index (χ0n) is 22.6. The van der Waals surface area contributed by atoms with E-state index in [4.69, 9.17) is 14.7 Å². The summed E-state index contributed by atoms with van der Waals surface area (Å²) in [5.41, 5.74) is 5.61. The van der Waals surface area contributed by atoms with Gasteiger partial charge in [0.05, 0.1) is 12.2 Å². The number of aromatic nitrogens is 2. The highest BCUT2D eigenvalue weighted by Crippen LogP contribution is 2.41. The van der Waals surface area contributed by atoms with Crippen molar-refractivity contribution in [3.8, 4) is 17.1 Å². The van der Waals surface area contributed by atoms with Crippen LogP contribution in [0.4, 0.5) is 5.95 Å². The lowest BCUT2D eigenvalue weighted by molar-refractivity contribution is 0.0501. The molecule has 2 saturated heterocycles. The van der Waals surface area contributed by atoms with Crippen molar-refractivity contribution in [3.63, 3.8) is 0 Å². The molecular weight excluding hydrogens is 518 g/mol. The van der Waals surface area contributed by atoms with Gasteiger partial charge in [-0.15, -0.1) is 0 Å². The van der Waals surface area contributed by atoms with E-state index in [0.29, 0.717) is 30.5 Å². The molecule has 0 radical (unpaired) electrons. The second-order valence-electron chi connectivity index (χ2n) is 11.1. The number of amides is 1. The highest BCUT2D eigenvalue weighted by molar-refractivity contribution is 8.00. The number of nitrogens with one attached hydrogen (secondary N) is 1. The fourth-order valence-corrected chi connectivity index (χ4v) is 7.06. The Bertz CT molecular complexity index is 1580. The standard InChI is InChI=1S/C32H31N5O2S/c1-21-8-6-9-22(2)29(21)27-15-28-34-31(33-27)35-40-26-13-7-12-24(14-26)30(38)37-18-25-17-36(19-32(25,20-37)39-28)16-23-10-4-3-5-11-23/h3-15,25H,16-20H2,1-2H3,(H,33,34,35). The van der Waals surface area contributed by atoms with Crippen LogP contribution in [-0.2, 0) is 6.54 Å². The molecule has 7 nitrogen and oxygen atoms in total. The zero-order chi connectivity index (χ0) is 27.3. The van der Waals surface area contributed by atoms with E-state index in [9.17, 15) is 4.79 Å². The van der Waals surface area contributed by atoms with E-state index >= 15 is 0 Å². The van der Waals surface area contributed by atoms with Gasteiger partial charge < -0.3 is 9.64 Å². The average molecular weight is 550 g/mol. The molecule has 6 bridgehead atoms. The van der Waals surface area contributed by atoms with E-state index in [0.717, 1.165) is 46.9 Å². The van der Waals surface area contributed by atoms with Gasteiger partial charge in [-0.3, -0.25) is 14.4 Å². The molecule has 2 fully saturated rings. The van der Waals surface area contributed by atoms with Crippen LogP contribution in [0.2, 0.25) is 0 Å². The number of anilines is 1. The molecule has 1 aromatic heterocycles. The number of benzene rings is 3. The van der Waals surface area contributed by atoms with Crippen molar-refractivity contribution in [2.75, 3.05) is 30.9 Å². The number of hydrogen-bond donors (Lipinski definition) is 1. The minimum atomic E-state index is -0.563. The summed E-state index contributed by atoms with van der Waals surface area (Å²) in [7, 11) is 0. The summed E-state index contributed by atoms with van der Waals surface area (Å²) in [5, 5.41) is 0. The van der Waals surface area contributed by atoms with E-state index in [1.165, 1.54) is 17.5 Å². The third-order valence-corrected chi connectivity index (χ3v) is 9.01. The maximum Gasteiger partial charge on any atom is 0.254 e. The van der Waals surface area contributed by atoms with E-state index in [1.54, 1.807) is 0 Å². The predicted octanol–water partition coefficient (Wildman–Crippen LogP) is 5.60. The molecular formula is C32H31N5O2S. The van der Waals surface area contributed by atoms with E-state index in [2.05, 4.69) is 65.9 Å². The smallest absolute Gasteiger partial charge is 0.254 e. The van der Waals surface area contributed by atoms with E-state index in [1.807, 2.05) is 41.3 Å². The minimum Gasteiger partial charge on any atom is -0.467 e. The first-order chi connectivity index (χ1) is 19.5. The molecule has 2 atom stereocenters. The van der Waals surface area contributed by atoms with Crippen molar-refractivity contribution in [2.45, 2.75) is 30.9 Å². The summed E-state index contributed by atoms with van der Waals surface area (Å²) in [6.45, 7) is 7.80. The predicted molar refractivity (Wildman–Crippen MR) is 157 cm³/mol. The number of nitrogens with zero attached hydrogens (tertiary/aromatic N) is 4. The molecule has 7 rings (SSSR count). The Labute approximate surface area is 238 Å². The summed E-state index contributed by atoms with van der Waals surface area (Å²) < 4.78 is 10.3. The second-order valence-corrected chi connectivity index (χ2v) is 12.0. The first-order valence-electron chi connectivity index (χ1n) is 13.7. The van der Waals surface area contributed by atoms with Crippen LogP contribution in [0.1, 0.15) is 27.0 Å². The number of ether oxygens (including phenoxy) is 1. The van der Waals surface area contributed by atoms with E-state index < -0.39 is 5.60 Å². The summed E-state index contributed by atoms with van der Waals surface area (Å²) >= 11 is 1.40. The van der Waals surface area contributed by atoms with Gasteiger partial charge in [0, 0.05) is 54.2 Å². The van der Waals surface area contributed by atoms with Gasteiger partial charge in [0.15, 0.2) is 0 Å². The number of hydrogen-bond acceptors (Lipinski definition) is 7. The molecule has 202 valence electrons. The van der Waals surface area contributed by atoms with E-state index in [-0.39, 0.29) is 11.8 Å². The molecule has 2 unspecified atom stereocenters. The number of fused-ring (bicyclic) bond motifs is 5. The highest BCUT2D eigenvalue weighted by Gasteiger charge is 2.56. The maximum absolute atomic E-state index is 13.7. The molecule has 3 aromatic carbocycles. The van der Waals surface area contributed by atoms with Crippen LogP contribution in [-0.4, -0.2) is 57.5 Å². The maximum atomic E-state index is 13.7. The lowest BCUT2D eigenvalue weighted by Crippen LogP contribution is -2.46. The molecule has 1 spiro atoms. The van der Waals surface area contributed by atoms with Crippen molar-refractivity contribution in [2.24, 2.45) is 5.92 Å². The average Bonchev–Trinajstić information content (AvgIpc) is 3.44. The van der Waals surface area contributed by atoms with Crippen LogP contribution in [0.25, 0.3) is 11.3 Å². The summed E-state index contributed by atoms with van der Waals surface area (Å²) in [6.07, 6.45) is 0. The van der Waals surface area contributed by atoms with Crippen molar-refractivity contribution >= 4 is 23.8 Å². The minimum absolute atomic E-state index is 0.0442. The third-order valence-electron chi connectivity index (χ3n) is 8.24. The van der Waals surface area contributed by atoms with Crippen LogP contribution in [0.15, 0.2) is 83.8 Å². The van der Waals surface area contributed by atoms with Gasteiger partial charge in [0.25, 0.3) is 5.91 Å². The Morgan fingerprint density at radius 3 is 2.58 bits per heavy atom. The summed E-state index contributed by atoms with van der Waals surface area (Å²) in [4.78, 5) is 28.8. The van der Waals surface area contributed by atoms with Gasteiger partial charge in [-0.05, 0) is 60.7 Å². The fraction of sp³-hybridized carbons (Fsp3) is 0.281. The van der Waals surface area contributed by atoms with Gasteiger partial charge in [-0.2, -0.15) is 4.98 Å². The molecule has 3 aliphatic rings. The molecule has 4 heterocycles. The first-order valence-corrected chi connectivity index (χ1v) is 14.5. The van der Waals surface area contributed by atoms with Crippen LogP contribution in [0.3, 0.4) is 0 Å². The van der Waals surface area contributed by atoms with Crippen LogP contribution in [0, 0.1) is 19.8 Å². The number of carbonyl (C=O) groups excluding carboxylic acids is 1. The first kappa shape index (κ1) is 25.1. The topological polar surface area (TPSA) is 70.6 Å². The number of carbonyl (C=O) groups is 1. The van der Waals surface area contributed by atoms with Gasteiger partial charge in [-0.1, -0.05) is 54.6 Å². The van der Waals surface area contributed by atoms with Crippen molar-refractivity contribution in [3.05, 3.63) is 101 Å².